The highest BCUT2D eigenvalue weighted by atomic mass is 15.0. The lowest BCUT2D eigenvalue weighted by molar-refractivity contribution is 0.788. The molecular weight excluding hydrogens is 679 g/mol. The number of hydrogen-bond acceptors (Lipinski definition) is 2. The van der Waals surface area contributed by atoms with Gasteiger partial charge in [0.25, 0.3) is 0 Å². The van der Waals surface area contributed by atoms with Gasteiger partial charge in [0.2, 0.25) is 0 Å². The van der Waals surface area contributed by atoms with E-state index in [2.05, 4.69) is 199 Å². The van der Waals surface area contributed by atoms with Gasteiger partial charge in [0.15, 0.2) is 5.82 Å². The minimum Gasteiger partial charge on any atom is -0.309 e. The minimum atomic E-state index is -0.614. The third-order valence-corrected chi connectivity index (χ3v) is 12.0. The van der Waals surface area contributed by atoms with Crippen LogP contribution in [0.15, 0.2) is 200 Å². The standard InChI is InChI=1S/C53H33N3/c1-3-15-35(16-4-1)50-49-51(55-52(54-50)36-17-5-2-6-18-36)43-22-8-12-24-45(43)53(49)44-23-11-7-19-39(44)40-32-29-37(33-46(40)53)34-27-30-38(31-28-34)56-47-25-13-9-20-41(47)42-21-10-14-26-48(42)56/h1-33H. The van der Waals surface area contributed by atoms with E-state index >= 15 is 0 Å². The third-order valence-electron chi connectivity index (χ3n) is 12.0. The molecule has 56 heavy (non-hydrogen) atoms. The van der Waals surface area contributed by atoms with Gasteiger partial charge in [-0.2, -0.15) is 0 Å². The number of fused-ring (bicyclic) bond motifs is 13. The van der Waals surface area contributed by atoms with Crippen molar-refractivity contribution in [2.24, 2.45) is 0 Å². The van der Waals surface area contributed by atoms with E-state index in [1.54, 1.807) is 0 Å². The molecule has 1 spiro atoms. The SMILES string of the molecule is c1ccc(-c2nc(-c3ccccc3)c3c(n2)-c2ccccc2C32c3ccccc3-c3ccc(-c4ccc(-n5c6ccccc6c6ccccc65)cc4)cc32)cc1. The van der Waals surface area contributed by atoms with E-state index in [4.69, 9.17) is 9.97 Å². The quantitative estimate of drug-likeness (QED) is 0.182. The normalized spacial score (nSPS) is 14.9. The van der Waals surface area contributed by atoms with E-state index < -0.39 is 5.41 Å². The summed E-state index contributed by atoms with van der Waals surface area (Å²) in [6.07, 6.45) is 0. The first kappa shape index (κ1) is 31.0. The van der Waals surface area contributed by atoms with Crippen LogP contribution in [0.1, 0.15) is 22.3 Å². The first-order valence-corrected chi connectivity index (χ1v) is 19.3. The zero-order valence-electron chi connectivity index (χ0n) is 30.4. The molecule has 2 heterocycles. The van der Waals surface area contributed by atoms with Crippen molar-refractivity contribution >= 4 is 21.8 Å². The summed E-state index contributed by atoms with van der Waals surface area (Å²) < 4.78 is 2.38. The number of hydrogen-bond donors (Lipinski definition) is 0. The lowest BCUT2D eigenvalue weighted by Crippen LogP contribution is -2.27. The van der Waals surface area contributed by atoms with Crippen molar-refractivity contribution in [2.75, 3.05) is 0 Å². The van der Waals surface area contributed by atoms with Crippen LogP contribution in [-0.4, -0.2) is 14.5 Å². The highest BCUT2D eigenvalue weighted by Gasteiger charge is 2.54. The Morgan fingerprint density at radius 2 is 0.875 bits per heavy atom. The molecule has 3 heteroatoms. The van der Waals surface area contributed by atoms with Crippen molar-refractivity contribution < 1.29 is 0 Å². The molecule has 10 aromatic rings. The summed E-state index contributed by atoms with van der Waals surface area (Å²) in [6, 6.07) is 72.4. The van der Waals surface area contributed by atoms with Crippen molar-refractivity contribution in [1.82, 2.24) is 14.5 Å². The second kappa shape index (κ2) is 11.8. The first-order valence-electron chi connectivity index (χ1n) is 19.3. The van der Waals surface area contributed by atoms with Crippen LogP contribution in [0.25, 0.3) is 83.6 Å². The van der Waals surface area contributed by atoms with E-state index in [9.17, 15) is 0 Å². The molecule has 0 bridgehead atoms. The van der Waals surface area contributed by atoms with E-state index in [1.165, 1.54) is 60.8 Å². The van der Waals surface area contributed by atoms with Gasteiger partial charge in [0.1, 0.15) is 0 Å². The highest BCUT2D eigenvalue weighted by Crippen LogP contribution is 2.64. The maximum absolute atomic E-state index is 5.48. The summed E-state index contributed by atoms with van der Waals surface area (Å²) in [5, 5.41) is 2.53. The molecule has 0 saturated carbocycles. The molecule has 0 saturated heterocycles. The molecule has 1 unspecified atom stereocenters. The summed E-state index contributed by atoms with van der Waals surface area (Å²) in [7, 11) is 0. The topological polar surface area (TPSA) is 30.7 Å². The average molecular weight is 712 g/mol. The van der Waals surface area contributed by atoms with Crippen LogP contribution in [0, 0.1) is 0 Å². The van der Waals surface area contributed by atoms with Crippen LogP contribution < -0.4 is 0 Å². The zero-order valence-corrected chi connectivity index (χ0v) is 30.4. The van der Waals surface area contributed by atoms with Gasteiger partial charge >= 0.3 is 0 Å². The molecule has 0 amide bonds. The second-order valence-corrected chi connectivity index (χ2v) is 14.9. The molecule has 0 aliphatic heterocycles. The van der Waals surface area contributed by atoms with Crippen molar-refractivity contribution in [1.29, 1.82) is 0 Å². The molecule has 8 aromatic carbocycles. The summed E-state index contributed by atoms with van der Waals surface area (Å²) in [5.74, 6) is 0.735. The van der Waals surface area contributed by atoms with E-state index in [1.807, 2.05) is 6.07 Å². The Morgan fingerprint density at radius 3 is 1.57 bits per heavy atom. The Morgan fingerprint density at radius 1 is 0.357 bits per heavy atom. The monoisotopic (exact) mass is 711 g/mol. The van der Waals surface area contributed by atoms with Crippen molar-refractivity contribution in [3.63, 3.8) is 0 Å². The fraction of sp³-hybridized carbons (Fsp3) is 0.0189. The fourth-order valence-corrected chi connectivity index (χ4v) is 9.71. The Balaban J connectivity index is 1.10. The van der Waals surface area contributed by atoms with Crippen LogP contribution in [0.2, 0.25) is 0 Å². The Bertz CT molecular complexity index is 3130. The van der Waals surface area contributed by atoms with Crippen LogP contribution in [-0.2, 0) is 5.41 Å². The molecule has 1 atom stereocenters. The van der Waals surface area contributed by atoms with E-state index in [-0.39, 0.29) is 0 Å². The van der Waals surface area contributed by atoms with Gasteiger partial charge in [0, 0.05) is 38.7 Å². The molecule has 2 aromatic heterocycles. The molecule has 0 N–H and O–H groups in total. The molecular formula is C53H33N3. The van der Waals surface area contributed by atoms with Gasteiger partial charge in [-0.3, -0.25) is 0 Å². The fourth-order valence-electron chi connectivity index (χ4n) is 9.71. The Hall–Kier alpha value is -7.36. The van der Waals surface area contributed by atoms with Gasteiger partial charge in [-0.1, -0.05) is 170 Å². The average Bonchev–Trinajstić information content (AvgIpc) is 3.88. The zero-order chi connectivity index (χ0) is 36.8. The van der Waals surface area contributed by atoms with Gasteiger partial charge in [0.05, 0.1) is 27.8 Å². The number of aromatic nitrogens is 3. The van der Waals surface area contributed by atoms with E-state index in [0.717, 1.165) is 45.2 Å². The van der Waals surface area contributed by atoms with Crippen LogP contribution in [0.5, 0.6) is 0 Å². The molecule has 2 aliphatic rings. The maximum Gasteiger partial charge on any atom is 0.160 e. The summed E-state index contributed by atoms with van der Waals surface area (Å²) in [6.45, 7) is 0. The predicted octanol–water partition coefficient (Wildman–Crippen LogP) is 12.9. The van der Waals surface area contributed by atoms with Gasteiger partial charge in [-0.25, -0.2) is 9.97 Å². The molecule has 12 rings (SSSR count). The molecule has 0 fully saturated rings. The molecule has 260 valence electrons. The van der Waals surface area contributed by atoms with Crippen LogP contribution >= 0.6 is 0 Å². The van der Waals surface area contributed by atoms with Crippen molar-refractivity contribution in [3.05, 3.63) is 222 Å². The predicted molar refractivity (Wildman–Crippen MR) is 229 cm³/mol. The van der Waals surface area contributed by atoms with Crippen LogP contribution in [0.3, 0.4) is 0 Å². The Labute approximate surface area is 324 Å². The molecule has 0 radical (unpaired) electrons. The lowest BCUT2D eigenvalue weighted by Gasteiger charge is -2.31. The number of benzene rings is 8. The van der Waals surface area contributed by atoms with Crippen molar-refractivity contribution in [2.45, 2.75) is 5.41 Å². The molecule has 3 nitrogen and oxygen atoms in total. The minimum absolute atomic E-state index is 0.614. The summed E-state index contributed by atoms with van der Waals surface area (Å²) in [5.41, 5.74) is 18.0. The van der Waals surface area contributed by atoms with Crippen LogP contribution in [0.4, 0.5) is 0 Å². The smallest absolute Gasteiger partial charge is 0.160 e. The van der Waals surface area contributed by atoms with Gasteiger partial charge in [-0.05, 0) is 69.3 Å². The maximum atomic E-state index is 5.48. The number of nitrogens with zero attached hydrogens (tertiary/aromatic N) is 3. The first-order chi connectivity index (χ1) is 27.8. The largest absolute Gasteiger partial charge is 0.309 e. The lowest BCUT2D eigenvalue weighted by atomic mass is 9.69. The highest BCUT2D eigenvalue weighted by molar-refractivity contribution is 6.09. The molecule has 2 aliphatic carbocycles. The van der Waals surface area contributed by atoms with E-state index in [0.29, 0.717) is 0 Å². The Kier molecular flexibility index (Phi) is 6.55. The van der Waals surface area contributed by atoms with Crippen molar-refractivity contribution in [3.8, 4) is 61.8 Å². The second-order valence-electron chi connectivity index (χ2n) is 14.9. The summed E-state index contributed by atoms with van der Waals surface area (Å²) >= 11 is 0. The summed E-state index contributed by atoms with van der Waals surface area (Å²) in [4.78, 5) is 10.9. The van der Waals surface area contributed by atoms with Gasteiger partial charge in [-0.15, -0.1) is 0 Å². The van der Waals surface area contributed by atoms with Gasteiger partial charge < -0.3 is 4.57 Å². The number of rotatable bonds is 4. The number of para-hydroxylation sites is 2. The third kappa shape index (κ3) is 4.22.